The number of ether oxygens (including phenoxy) is 2. The van der Waals surface area contributed by atoms with Gasteiger partial charge in [0, 0.05) is 15.9 Å². The van der Waals surface area contributed by atoms with Crippen molar-refractivity contribution in [3.05, 3.63) is 52.6 Å². The fourth-order valence-electron chi connectivity index (χ4n) is 4.06. The van der Waals surface area contributed by atoms with Gasteiger partial charge in [-0.1, -0.05) is 41.8 Å². The van der Waals surface area contributed by atoms with Crippen molar-refractivity contribution in [2.45, 2.75) is 64.3 Å². The van der Waals surface area contributed by atoms with Crippen LogP contribution in [-0.2, 0) is 21.1 Å². The lowest BCUT2D eigenvalue weighted by atomic mass is 10.2. The van der Waals surface area contributed by atoms with E-state index in [0.29, 0.717) is 21.8 Å². The summed E-state index contributed by atoms with van der Waals surface area (Å²) in [5.41, 5.74) is -0.216. The predicted molar refractivity (Wildman–Crippen MR) is 161 cm³/mol. The summed E-state index contributed by atoms with van der Waals surface area (Å²) in [6.45, 7) is 7.39. The number of nitrogens with zero attached hydrogens (tertiary/aromatic N) is 2. The van der Waals surface area contributed by atoms with Crippen LogP contribution in [-0.4, -0.2) is 50.3 Å². The van der Waals surface area contributed by atoms with Crippen LogP contribution in [0.25, 0.3) is 10.9 Å². The molecule has 0 saturated heterocycles. The number of hydrogen-bond donors (Lipinski definition) is 0. The summed E-state index contributed by atoms with van der Waals surface area (Å²) in [7, 11) is -2.27. The topological polar surface area (TPSA) is 77.8 Å². The van der Waals surface area contributed by atoms with Crippen LogP contribution in [0.4, 0.5) is 23.7 Å². The zero-order valence-electron chi connectivity index (χ0n) is 24.3. The zero-order valence-corrected chi connectivity index (χ0v) is 26.7. The summed E-state index contributed by atoms with van der Waals surface area (Å²) < 4.78 is 78.8. The van der Waals surface area contributed by atoms with Crippen LogP contribution in [0, 0.1) is 17.8 Å². The normalized spacial score (nSPS) is 12.3. The Morgan fingerprint density at radius 2 is 1.81 bits per heavy atom. The summed E-state index contributed by atoms with van der Waals surface area (Å²) >= 11 is 3.38. The molecular formula is C30H34BrF3N2O5S. The van der Waals surface area contributed by atoms with E-state index in [0.717, 1.165) is 9.47 Å². The van der Waals surface area contributed by atoms with Crippen molar-refractivity contribution in [1.82, 2.24) is 4.57 Å². The molecule has 0 fully saturated rings. The molecule has 0 saturated carbocycles. The molecule has 42 heavy (non-hydrogen) atoms. The van der Waals surface area contributed by atoms with Gasteiger partial charge in [0.2, 0.25) is 0 Å². The van der Waals surface area contributed by atoms with Gasteiger partial charge in [0.05, 0.1) is 41.2 Å². The second-order valence-corrected chi connectivity index (χ2v) is 14.1. The van der Waals surface area contributed by atoms with Crippen molar-refractivity contribution in [1.29, 1.82) is 0 Å². The minimum Gasteiger partial charge on any atom is -0.495 e. The van der Waals surface area contributed by atoms with Crippen LogP contribution in [0.1, 0.15) is 46.7 Å². The van der Waals surface area contributed by atoms with Crippen molar-refractivity contribution in [3.63, 3.8) is 0 Å². The van der Waals surface area contributed by atoms with Crippen LogP contribution in [0.3, 0.4) is 0 Å². The highest BCUT2D eigenvalue weighted by molar-refractivity contribution is 9.10. The number of carbonyl (C=O) groups is 1. The number of alkyl halides is 3. The Labute approximate surface area is 253 Å². The third kappa shape index (κ3) is 8.67. The molecule has 0 N–H and O–H groups in total. The highest BCUT2D eigenvalue weighted by atomic mass is 79.9. The fraction of sp³-hybridized carbons (Fsp3) is 0.433. The van der Waals surface area contributed by atoms with Gasteiger partial charge in [0.15, 0.2) is 9.84 Å². The lowest BCUT2D eigenvalue weighted by Gasteiger charge is -2.27. The van der Waals surface area contributed by atoms with Crippen LogP contribution in [0.15, 0.2) is 51.8 Å². The number of rotatable bonds is 8. The number of anilines is 1. The maximum absolute atomic E-state index is 13.4. The van der Waals surface area contributed by atoms with Crippen molar-refractivity contribution < 1.29 is 35.9 Å². The van der Waals surface area contributed by atoms with E-state index in [1.165, 1.54) is 25.3 Å². The van der Waals surface area contributed by atoms with E-state index < -0.39 is 34.3 Å². The molecule has 1 aromatic heterocycles. The number of fused-ring (bicyclic) bond motifs is 1. The first-order valence-corrected chi connectivity index (χ1v) is 15.6. The predicted octanol–water partition coefficient (Wildman–Crippen LogP) is 7.59. The van der Waals surface area contributed by atoms with Crippen LogP contribution in [0.2, 0.25) is 0 Å². The van der Waals surface area contributed by atoms with Gasteiger partial charge in [-0.15, -0.1) is 0 Å². The lowest BCUT2D eigenvalue weighted by Crippen LogP contribution is -2.37. The first-order chi connectivity index (χ1) is 19.4. The zero-order chi connectivity index (χ0) is 31.5. The molecule has 12 heteroatoms. The van der Waals surface area contributed by atoms with Gasteiger partial charge >= 0.3 is 12.3 Å². The lowest BCUT2D eigenvalue weighted by molar-refractivity contribution is -0.140. The number of amides is 1. The molecule has 1 amide bonds. The molecule has 0 unspecified atom stereocenters. The first-order valence-electron chi connectivity index (χ1n) is 13.2. The molecule has 7 nitrogen and oxygen atoms in total. The Morgan fingerprint density at radius 1 is 1.12 bits per heavy atom. The molecule has 2 aromatic carbocycles. The maximum Gasteiger partial charge on any atom is 0.415 e. The second-order valence-electron chi connectivity index (χ2n) is 11.1. The summed E-state index contributed by atoms with van der Waals surface area (Å²) in [4.78, 5) is 14.5. The van der Waals surface area contributed by atoms with Crippen LogP contribution < -0.4 is 9.64 Å². The van der Waals surface area contributed by atoms with E-state index in [-0.39, 0.29) is 40.2 Å². The molecule has 0 aliphatic carbocycles. The van der Waals surface area contributed by atoms with Gasteiger partial charge in [-0.3, -0.25) is 4.90 Å². The van der Waals surface area contributed by atoms with Gasteiger partial charge in [-0.25, -0.2) is 13.2 Å². The summed E-state index contributed by atoms with van der Waals surface area (Å²) in [5.74, 6) is 5.82. The third-order valence-electron chi connectivity index (χ3n) is 6.06. The molecule has 3 aromatic rings. The van der Waals surface area contributed by atoms with Crippen molar-refractivity contribution in [2.75, 3.05) is 24.3 Å². The molecular weight excluding hydrogens is 637 g/mol. The average Bonchev–Trinajstić information content (AvgIpc) is 3.21. The third-order valence-corrected chi connectivity index (χ3v) is 8.50. The second kappa shape index (κ2) is 13.0. The Kier molecular flexibility index (Phi) is 10.3. The Morgan fingerprint density at radius 3 is 2.40 bits per heavy atom. The molecule has 0 atom stereocenters. The van der Waals surface area contributed by atoms with Gasteiger partial charge < -0.3 is 14.0 Å². The number of hydrogen-bond acceptors (Lipinski definition) is 5. The fourth-order valence-corrected chi connectivity index (χ4v) is 6.11. The average molecular weight is 672 g/mol. The van der Waals surface area contributed by atoms with E-state index in [2.05, 4.69) is 27.8 Å². The van der Waals surface area contributed by atoms with Gasteiger partial charge in [-0.2, -0.15) is 13.2 Å². The monoisotopic (exact) mass is 670 g/mol. The van der Waals surface area contributed by atoms with Gasteiger partial charge in [-0.05, 0) is 69.4 Å². The number of aromatic nitrogens is 1. The van der Waals surface area contributed by atoms with E-state index in [9.17, 15) is 26.4 Å². The number of carbonyl (C=O) groups excluding carboxylic acids is 1. The van der Waals surface area contributed by atoms with E-state index in [1.807, 2.05) is 13.8 Å². The summed E-state index contributed by atoms with van der Waals surface area (Å²) in [6.07, 6.45) is -4.80. The SMILES string of the molecule is COc1cc(S(=O)(=O)CCC(C)C)ccc1N(CC#Cc1cc2c(Br)cccc2n1CC(F)(F)F)C(=O)OC(C)(C)C. The van der Waals surface area contributed by atoms with Crippen molar-refractivity contribution in [3.8, 4) is 17.6 Å². The Balaban J connectivity index is 2.06. The molecule has 0 radical (unpaired) electrons. The maximum atomic E-state index is 13.4. The molecule has 3 rings (SSSR count). The minimum absolute atomic E-state index is 0.0428. The summed E-state index contributed by atoms with van der Waals surface area (Å²) in [6, 6.07) is 10.6. The largest absolute Gasteiger partial charge is 0.495 e. The number of methoxy groups -OCH3 is 1. The van der Waals surface area contributed by atoms with Crippen molar-refractivity contribution >= 4 is 48.5 Å². The number of benzene rings is 2. The molecule has 0 aliphatic heterocycles. The molecule has 0 bridgehead atoms. The quantitative estimate of drug-likeness (QED) is 0.231. The molecule has 1 heterocycles. The van der Waals surface area contributed by atoms with E-state index in [4.69, 9.17) is 9.47 Å². The number of halogens is 4. The highest BCUT2D eigenvalue weighted by Gasteiger charge is 2.30. The van der Waals surface area contributed by atoms with Gasteiger partial charge in [0.25, 0.3) is 0 Å². The van der Waals surface area contributed by atoms with E-state index >= 15 is 0 Å². The molecule has 0 aliphatic rings. The first kappa shape index (κ1) is 33.3. The number of sulfone groups is 1. The van der Waals surface area contributed by atoms with Crippen molar-refractivity contribution in [2.24, 2.45) is 5.92 Å². The Bertz CT molecular complexity index is 1610. The highest BCUT2D eigenvalue weighted by Crippen LogP contribution is 2.33. The minimum atomic E-state index is -4.49. The van der Waals surface area contributed by atoms with Crippen LogP contribution in [0.5, 0.6) is 5.75 Å². The Hall–Kier alpha value is -3.17. The smallest absolute Gasteiger partial charge is 0.415 e. The molecule has 0 spiro atoms. The standard InChI is InChI=1S/C30H34BrF3N2O5S/c1-20(2)14-16-42(38,39)22-12-13-26(27(18-22)40-6)35(28(37)41-29(3,4)5)15-8-9-21-17-23-24(31)10-7-11-25(23)36(21)19-30(32,33)34/h7,10-13,17-18,20H,14-16,19H2,1-6H3. The summed E-state index contributed by atoms with van der Waals surface area (Å²) in [5, 5.41) is 0.561. The van der Waals surface area contributed by atoms with Gasteiger partial charge in [0.1, 0.15) is 17.9 Å². The van der Waals surface area contributed by atoms with Crippen LogP contribution >= 0.6 is 15.9 Å². The molecule has 228 valence electrons. The van der Waals surface area contributed by atoms with E-state index in [1.54, 1.807) is 45.0 Å².